The van der Waals surface area contributed by atoms with Gasteiger partial charge in [0.05, 0.1) is 18.3 Å². The fraction of sp³-hybridized carbons (Fsp3) is 0.458. The van der Waals surface area contributed by atoms with Crippen molar-refractivity contribution in [1.82, 2.24) is 9.62 Å². The Kier molecular flexibility index (Phi) is 7.56. The summed E-state index contributed by atoms with van der Waals surface area (Å²) in [5.74, 6) is -8.16. The third-order valence-corrected chi connectivity index (χ3v) is 7.58. The highest BCUT2D eigenvalue weighted by atomic mass is 32.2. The monoisotopic (exact) mass is 534 g/mol. The van der Waals surface area contributed by atoms with Crippen molar-refractivity contribution in [3.8, 4) is 11.1 Å². The van der Waals surface area contributed by atoms with Crippen molar-refractivity contribution in [1.29, 1.82) is 0 Å². The van der Waals surface area contributed by atoms with Crippen LogP contribution in [0.1, 0.15) is 31.9 Å². The molecule has 12 heteroatoms. The van der Waals surface area contributed by atoms with E-state index in [1.807, 2.05) is 4.72 Å². The summed E-state index contributed by atoms with van der Waals surface area (Å²) >= 11 is 0. The number of nitrogens with zero attached hydrogens (tertiary/aromatic N) is 1. The van der Waals surface area contributed by atoms with Crippen LogP contribution in [0.5, 0.6) is 0 Å². The maximum Gasteiger partial charge on any atom is 0.283 e. The van der Waals surface area contributed by atoms with E-state index in [0.717, 1.165) is 26.0 Å². The van der Waals surface area contributed by atoms with Gasteiger partial charge in [-0.15, -0.1) is 0 Å². The zero-order valence-corrected chi connectivity index (χ0v) is 20.9. The summed E-state index contributed by atoms with van der Waals surface area (Å²) in [4.78, 5) is 13.4. The lowest BCUT2D eigenvalue weighted by Gasteiger charge is -2.32. The first-order valence-electron chi connectivity index (χ1n) is 11.1. The van der Waals surface area contributed by atoms with Crippen LogP contribution in [0.3, 0.4) is 0 Å². The molecule has 0 radical (unpaired) electrons. The minimum Gasteiger partial charge on any atom is -0.381 e. The first-order chi connectivity index (χ1) is 16.5. The molecule has 1 aliphatic rings. The van der Waals surface area contributed by atoms with Gasteiger partial charge in [-0.05, 0) is 51.8 Å². The number of hydrogen-bond acceptors (Lipinski definition) is 4. The molecule has 3 rings (SSSR count). The number of aliphatic hydroxyl groups is 1. The molecule has 0 aliphatic carbocycles. The minimum atomic E-state index is -4.17. The first kappa shape index (κ1) is 28.0. The molecule has 2 aromatic rings. The fourth-order valence-electron chi connectivity index (χ4n) is 4.19. The van der Waals surface area contributed by atoms with Gasteiger partial charge in [0.2, 0.25) is 10.0 Å². The average molecular weight is 535 g/mol. The Morgan fingerprint density at radius 1 is 1.14 bits per heavy atom. The summed E-state index contributed by atoms with van der Waals surface area (Å²) in [6.45, 7) is 3.40. The van der Waals surface area contributed by atoms with Crippen LogP contribution in [-0.2, 0) is 21.2 Å². The lowest BCUT2D eigenvalue weighted by Crippen LogP contribution is -2.54. The molecule has 2 N–H and O–H groups in total. The van der Waals surface area contributed by atoms with Gasteiger partial charge in [-0.25, -0.2) is 35.1 Å². The first-order valence-corrected chi connectivity index (χ1v) is 12.8. The number of nitrogens with one attached hydrogen (secondary N) is 1. The van der Waals surface area contributed by atoms with Crippen LogP contribution in [0, 0.1) is 24.4 Å². The number of rotatable bonds is 7. The zero-order valence-electron chi connectivity index (χ0n) is 20.1. The number of sulfonamides is 1. The van der Waals surface area contributed by atoms with E-state index in [4.69, 9.17) is 0 Å². The highest BCUT2D eigenvalue weighted by Crippen LogP contribution is 2.37. The zero-order chi connectivity index (χ0) is 27.2. The van der Waals surface area contributed by atoms with Crippen LogP contribution in [-0.4, -0.2) is 60.2 Å². The van der Waals surface area contributed by atoms with E-state index in [2.05, 4.69) is 0 Å². The second-order valence-corrected chi connectivity index (χ2v) is 11.4. The molecule has 1 aliphatic heterocycles. The van der Waals surface area contributed by atoms with Crippen LogP contribution in [0.25, 0.3) is 11.1 Å². The van der Waals surface area contributed by atoms with E-state index in [1.165, 1.54) is 32.0 Å². The van der Waals surface area contributed by atoms with Crippen molar-refractivity contribution in [2.24, 2.45) is 0 Å². The molecule has 1 amide bonds. The van der Waals surface area contributed by atoms with Crippen molar-refractivity contribution in [3.63, 3.8) is 0 Å². The molecule has 198 valence electrons. The number of halogens is 5. The topological polar surface area (TPSA) is 86.7 Å². The number of benzene rings is 2. The van der Waals surface area contributed by atoms with Crippen LogP contribution >= 0.6 is 0 Å². The van der Waals surface area contributed by atoms with Crippen LogP contribution in [0.4, 0.5) is 22.0 Å². The van der Waals surface area contributed by atoms with Gasteiger partial charge in [-0.3, -0.25) is 4.79 Å². The predicted molar refractivity (Wildman–Crippen MR) is 123 cm³/mol. The molecule has 1 saturated heterocycles. The molecular weight excluding hydrogens is 507 g/mol. The molecule has 0 aromatic heterocycles. The maximum absolute atomic E-state index is 15.6. The largest absolute Gasteiger partial charge is 0.381 e. The van der Waals surface area contributed by atoms with Crippen molar-refractivity contribution < 1.29 is 40.3 Å². The normalized spacial score (nSPS) is 20.1. The molecule has 0 saturated carbocycles. The number of amides is 1. The van der Waals surface area contributed by atoms with Gasteiger partial charge in [-0.2, -0.15) is 0 Å². The summed E-state index contributed by atoms with van der Waals surface area (Å²) in [5, 5.41) is 10.2. The summed E-state index contributed by atoms with van der Waals surface area (Å²) in [6, 6.07) is 2.14. The standard InChI is InChI=1S/C24H27F5N2O4S/c1-5-36(34,35)30-21-18(31(12-24(21,28)29)22(32)23(3,4)33)11-14-7-6-8-15(20(14)27)16-9-10-17(25)13(2)19(16)26/h6-10,18,21,30,33H,5,11-12H2,1-4H3/t18-,21+/m0/s1. The Bertz CT molecular complexity index is 1280. The molecule has 1 fully saturated rings. The lowest BCUT2D eigenvalue weighted by atomic mass is 9.94. The Hall–Kier alpha value is -2.57. The lowest BCUT2D eigenvalue weighted by molar-refractivity contribution is -0.149. The molecule has 0 bridgehead atoms. The van der Waals surface area contributed by atoms with Crippen molar-refractivity contribution in [2.45, 2.75) is 57.7 Å². The smallest absolute Gasteiger partial charge is 0.283 e. The van der Waals surface area contributed by atoms with E-state index in [1.54, 1.807) is 0 Å². The second kappa shape index (κ2) is 9.71. The van der Waals surface area contributed by atoms with Crippen LogP contribution in [0.15, 0.2) is 30.3 Å². The van der Waals surface area contributed by atoms with Crippen LogP contribution in [0.2, 0.25) is 0 Å². The Morgan fingerprint density at radius 2 is 1.75 bits per heavy atom. The van der Waals surface area contributed by atoms with Crippen molar-refractivity contribution in [2.75, 3.05) is 12.3 Å². The average Bonchev–Trinajstić information content (AvgIpc) is 3.02. The third kappa shape index (κ3) is 5.40. The summed E-state index contributed by atoms with van der Waals surface area (Å²) in [7, 11) is -4.17. The van der Waals surface area contributed by atoms with Crippen molar-refractivity contribution in [3.05, 3.63) is 58.9 Å². The molecule has 36 heavy (non-hydrogen) atoms. The van der Waals surface area contributed by atoms with Gasteiger partial charge in [0.1, 0.15) is 29.1 Å². The van der Waals surface area contributed by atoms with E-state index in [-0.39, 0.29) is 22.3 Å². The Balaban J connectivity index is 2.11. The van der Waals surface area contributed by atoms with E-state index in [9.17, 15) is 27.1 Å². The minimum absolute atomic E-state index is 0.203. The highest BCUT2D eigenvalue weighted by molar-refractivity contribution is 7.89. The Labute approximate surface area is 206 Å². The van der Waals surface area contributed by atoms with Gasteiger partial charge in [0.25, 0.3) is 11.8 Å². The van der Waals surface area contributed by atoms with Gasteiger partial charge >= 0.3 is 0 Å². The maximum atomic E-state index is 15.6. The molecule has 2 atom stereocenters. The molecule has 2 aromatic carbocycles. The van der Waals surface area contributed by atoms with E-state index < -0.39 is 75.7 Å². The second-order valence-electron chi connectivity index (χ2n) is 9.34. The third-order valence-electron chi connectivity index (χ3n) is 6.21. The van der Waals surface area contributed by atoms with Gasteiger partial charge < -0.3 is 10.0 Å². The number of likely N-dealkylation sites (tertiary alicyclic amines) is 1. The number of carbonyl (C=O) groups is 1. The molecular formula is C24H27F5N2O4S. The summed E-state index contributed by atoms with van der Waals surface area (Å²) < 4.78 is 100. The highest BCUT2D eigenvalue weighted by Gasteiger charge is 2.58. The fourth-order valence-corrected chi connectivity index (χ4v) is 5.07. The quantitative estimate of drug-likeness (QED) is 0.532. The summed E-state index contributed by atoms with van der Waals surface area (Å²) in [6.07, 6.45) is -0.574. The SMILES string of the molecule is CCS(=O)(=O)N[C@@H]1[C@H](Cc2cccc(-c3ccc(F)c(C)c3F)c2F)N(C(=O)C(C)(C)O)CC1(F)F. The number of carbonyl (C=O) groups excluding carboxylic acids is 1. The summed E-state index contributed by atoms with van der Waals surface area (Å²) in [5.41, 5.74) is -3.11. The molecule has 6 nitrogen and oxygen atoms in total. The number of alkyl halides is 2. The van der Waals surface area contributed by atoms with Gasteiger partial charge in [0, 0.05) is 16.7 Å². The molecule has 0 spiro atoms. The molecule has 0 unspecified atom stereocenters. The van der Waals surface area contributed by atoms with Crippen LogP contribution < -0.4 is 4.72 Å². The number of hydrogen-bond donors (Lipinski definition) is 2. The van der Waals surface area contributed by atoms with Crippen molar-refractivity contribution >= 4 is 15.9 Å². The Morgan fingerprint density at radius 3 is 2.33 bits per heavy atom. The molecule has 1 heterocycles. The predicted octanol–water partition coefficient (Wildman–Crippen LogP) is 3.55. The van der Waals surface area contributed by atoms with E-state index >= 15 is 13.2 Å². The van der Waals surface area contributed by atoms with Gasteiger partial charge in [0.15, 0.2) is 0 Å². The van der Waals surface area contributed by atoms with E-state index in [0.29, 0.717) is 4.90 Å². The van der Waals surface area contributed by atoms with Gasteiger partial charge in [-0.1, -0.05) is 18.2 Å².